The number of pyridine rings is 1. The standard InChI is InChI=1S/C8H5F6N/c1-3-4(6(9)10)2-15-7(11)5(3)8(12,13)14/h2,6H,1H3. The van der Waals surface area contributed by atoms with Gasteiger partial charge in [-0.25, -0.2) is 13.8 Å². The fourth-order valence-corrected chi connectivity index (χ4v) is 1.14. The Hall–Kier alpha value is -1.27. The van der Waals surface area contributed by atoms with E-state index < -0.39 is 35.2 Å². The highest BCUT2D eigenvalue weighted by molar-refractivity contribution is 5.34. The van der Waals surface area contributed by atoms with Crippen LogP contribution < -0.4 is 0 Å². The third kappa shape index (κ3) is 2.21. The highest BCUT2D eigenvalue weighted by atomic mass is 19.4. The molecule has 0 atom stereocenters. The van der Waals surface area contributed by atoms with Crippen LogP contribution in [0, 0.1) is 12.9 Å². The topological polar surface area (TPSA) is 12.9 Å². The molecule has 0 radical (unpaired) electrons. The van der Waals surface area contributed by atoms with Gasteiger partial charge in [-0.05, 0) is 12.5 Å². The first-order chi connectivity index (χ1) is 6.75. The number of hydrogen-bond donors (Lipinski definition) is 0. The molecule has 0 N–H and O–H groups in total. The second kappa shape index (κ2) is 3.71. The van der Waals surface area contributed by atoms with Crippen molar-refractivity contribution in [3.05, 3.63) is 28.8 Å². The van der Waals surface area contributed by atoms with Gasteiger partial charge in [0.15, 0.2) is 0 Å². The molecule has 0 aliphatic carbocycles. The first-order valence-electron chi connectivity index (χ1n) is 3.75. The van der Waals surface area contributed by atoms with Gasteiger partial charge in [0, 0.05) is 11.8 Å². The van der Waals surface area contributed by atoms with Gasteiger partial charge < -0.3 is 0 Å². The summed E-state index contributed by atoms with van der Waals surface area (Å²) < 4.78 is 73.8. The summed E-state index contributed by atoms with van der Waals surface area (Å²) in [5, 5.41) is 0. The van der Waals surface area contributed by atoms with Gasteiger partial charge in [0.2, 0.25) is 5.95 Å². The van der Waals surface area contributed by atoms with Crippen LogP contribution in [0.4, 0.5) is 26.3 Å². The van der Waals surface area contributed by atoms with E-state index in [0.29, 0.717) is 6.20 Å². The normalized spacial score (nSPS) is 12.3. The molecule has 0 aliphatic heterocycles. The van der Waals surface area contributed by atoms with Gasteiger partial charge in [-0.2, -0.15) is 17.6 Å². The van der Waals surface area contributed by atoms with Crippen molar-refractivity contribution >= 4 is 0 Å². The Bertz CT molecular complexity index is 370. The Morgan fingerprint density at radius 2 is 1.80 bits per heavy atom. The molecule has 1 heterocycles. The summed E-state index contributed by atoms with van der Waals surface area (Å²) in [6.45, 7) is 0.787. The molecule has 0 aromatic carbocycles. The van der Waals surface area contributed by atoms with Crippen molar-refractivity contribution in [2.75, 3.05) is 0 Å². The van der Waals surface area contributed by atoms with Crippen molar-refractivity contribution in [1.29, 1.82) is 0 Å². The zero-order chi connectivity index (χ0) is 11.8. The lowest BCUT2D eigenvalue weighted by Crippen LogP contribution is -2.14. The van der Waals surface area contributed by atoms with Crippen LogP contribution in [0.15, 0.2) is 6.20 Å². The average Bonchev–Trinajstić information content (AvgIpc) is 2.00. The molecular weight excluding hydrogens is 224 g/mol. The summed E-state index contributed by atoms with van der Waals surface area (Å²) in [6.07, 6.45) is -7.73. The highest BCUT2D eigenvalue weighted by Crippen LogP contribution is 2.36. The third-order valence-corrected chi connectivity index (χ3v) is 1.85. The van der Waals surface area contributed by atoms with E-state index >= 15 is 0 Å². The first-order valence-corrected chi connectivity index (χ1v) is 3.75. The Morgan fingerprint density at radius 1 is 1.27 bits per heavy atom. The van der Waals surface area contributed by atoms with Gasteiger partial charge in [-0.3, -0.25) is 0 Å². The minimum absolute atomic E-state index is 0.407. The van der Waals surface area contributed by atoms with Gasteiger partial charge in [-0.15, -0.1) is 0 Å². The molecule has 0 fully saturated rings. The molecule has 0 saturated heterocycles. The van der Waals surface area contributed by atoms with Crippen molar-refractivity contribution < 1.29 is 26.3 Å². The monoisotopic (exact) mass is 229 g/mol. The Kier molecular flexibility index (Phi) is 2.92. The lowest BCUT2D eigenvalue weighted by Gasteiger charge is -2.13. The molecule has 84 valence electrons. The van der Waals surface area contributed by atoms with E-state index in [-0.39, 0.29) is 0 Å². The summed E-state index contributed by atoms with van der Waals surface area (Å²) in [6, 6.07) is 0. The molecule has 1 aromatic rings. The van der Waals surface area contributed by atoms with E-state index in [4.69, 9.17) is 0 Å². The maximum atomic E-state index is 12.7. The second-order valence-corrected chi connectivity index (χ2v) is 2.80. The fourth-order valence-electron chi connectivity index (χ4n) is 1.14. The van der Waals surface area contributed by atoms with Gasteiger partial charge in [0.25, 0.3) is 6.43 Å². The number of rotatable bonds is 1. The van der Waals surface area contributed by atoms with Crippen molar-refractivity contribution in [2.45, 2.75) is 19.5 Å². The summed E-state index contributed by atoms with van der Waals surface area (Å²) in [5.74, 6) is -1.79. The quantitative estimate of drug-likeness (QED) is 0.530. The molecule has 1 rings (SSSR count). The number of alkyl halides is 5. The molecule has 0 unspecified atom stereocenters. The Balaban J connectivity index is 3.44. The van der Waals surface area contributed by atoms with Crippen LogP contribution in [0.2, 0.25) is 0 Å². The van der Waals surface area contributed by atoms with E-state index in [1.165, 1.54) is 0 Å². The molecule has 0 saturated carbocycles. The SMILES string of the molecule is Cc1c(C(F)F)cnc(F)c1C(F)(F)F. The summed E-state index contributed by atoms with van der Waals surface area (Å²) in [7, 11) is 0. The Morgan fingerprint density at radius 3 is 2.20 bits per heavy atom. The van der Waals surface area contributed by atoms with Crippen LogP contribution in [0.3, 0.4) is 0 Å². The van der Waals surface area contributed by atoms with Crippen LogP contribution in [0.25, 0.3) is 0 Å². The number of hydrogen-bond acceptors (Lipinski definition) is 1. The van der Waals surface area contributed by atoms with Crippen LogP contribution in [-0.2, 0) is 6.18 Å². The third-order valence-electron chi connectivity index (χ3n) is 1.85. The molecule has 0 amide bonds. The zero-order valence-corrected chi connectivity index (χ0v) is 7.37. The molecule has 7 heteroatoms. The van der Waals surface area contributed by atoms with E-state index in [9.17, 15) is 26.3 Å². The van der Waals surface area contributed by atoms with E-state index in [1.807, 2.05) is 0 Å². The van der Waals surface area contributed by atoms with Gasteiger partial charge in [-0.1, -0.05) is 0 Å². The maximum absolute atomic E-state index is 12.7. The van der Waals surface area contributed by atoms with Crippen LogP contribution in [0.5, 0.6) is 0 Å². The minimum Gasteiger partial charge on any atom is -0.227 e. The molecule has 1 aromatic heterocycles. The van der Waals surface area contributed by atoms with Crippen molar-refractivity contribution in [3.8, 4) is 0 Å². The van der Waals surface area contributed by atoms with Crippen molar-refractivity contribution in [3.63, 3.8) is 0 Å². The van der Waals surface area contributed by atoms with Gasteiger partial charge in [0.1, 0.15) is 5.56 Å². The first kappa shape index (κ1) is 11.8. The predicted molar refractivity (Wildman–Crippen MR) is 38.9 cm³/mol. The molecule has 0 aliphatic rings. The lowest BCUT2D eigenvalue weighted by molar-refractivity contribution is -0.141. The number of halogens is 6. The average molecular weight is 229 g/mol. The second-order valence-electron chi connectivity index (χ2n) is 2.80. The van der Waals surface area contributed by atoms with E-state index in [1.54, 1.807) is 0 Å². The number of aromatic nitrogens is 1. The van der Waals surface area contributed by atoms with Crippen molar-refractivity contribution in [1.82, 2.24) is 4.98 Å². The lowest BCUT2D eigenvalue weighted by atomic mass is 10.1. The summed E-state index contributed by atoms with van der Waals surface area (Å²) >= 11 is 0. The predicted octanol–water partition coefficient (Wildman–Crippen LogP) is 3.49. The number of nitrogens with zero attached hydrogens (tertiary/aromatic N) is 1. The molecular formula is C8H5F6N. The van der Waals surface area contributed by atoms with E-state index in [2.05, 4.69) is 4.98 Å². The van der Waals surface area contributed by atoms with Gasteiger partial charge in [0.05, 0.1) is 0 Å². The summed E-state index contributed by atoms with van der Waals surface area (Å²) in [4.78, 5) is 2.66. The largest absolute Gasteiger partial charge is 0.421 e. The highest BCUT2D eigenvalue weighted by Gasteiger charge is 2.38. The maximum Gasteiger partial charge on any atom is 0.421 e. The molecule has 0 spiro atoms. The summed E-state index contributed by atoms with van der Waals surface area (Å²) in [5.41, 5.74) is -3.48. The van der Waals surface area contributed by atoms with Crippen LogP contribution in [-0.4, -0.2) is 4.98 Å². The van der Waals surface area contributed by atoms with E-state index in [0.717, 1.165) is 6.92 Å². The molecule has 1 nitrogen and oxygen atoms in total. The Labute approximate surface area is 80.7 Å². The molecule has 0 bridgehead atoms. The molecule has 15 heavy (non-hydrogen) atoms. The van der Waals surface area contributed by atoms with Gasteiger partial charge >= 0.3 is 6.18 Å². The fraction of sp³-hybridized carbons (Fsp3) is 0.375. The van der Waals surface area contributed by atoms with Crippen LogP contribution >= 0.6 is 0 Å². The smallest absolute Gasteiger partial charge is 0.227 e. The van der Waals surface area contributed by atoms with Crippen molar-refractivity contribution in [2.24, 2.45) is 0 Å². The minimum atomic E-state index is -5.02. The zero-order valence-electron chi connectivity index (χ0n) is 7.37. The van der Waals surface area contributed by atoms with Crippen LogP contribution in [0.1, 0.15) is 23.1 Å².